The Morgan fingerprint density at radius 1 is 1.57 bits per heavy atom. The average Bonchev–Trinajstić information content (AvgIpc) is 2.18. The van der Waals surface area contributed by atoms with E-state index < -0.39 is 0 Å². The minimum absolute atomic E-state index is 0.561. The summed E-state index contributed by atoms with van der Waals surface area (Å²) in [4.78, 5) is 0. The van der Waals surface area contributed by atoms with Crippen LogP contribution in [-0.2, 0) is 11.2 Å². The largest absolute Gasteiger partial charge is 0.384 e. The lowest BCUT2D eigenvalue weighted by Crippen LogP contribution is -2.26. The molecule has 0 bridgehead atoms. The number of benzene rings is 1. The summed E-state index contributed by atoms with van der Waals surface area (Å²) in [5, 5.41) is 4.17. The highest BCUT2D eigenvalue weighted by Gasteiger charge is 2.19. The molecule has 0 aliphatic carbocycles. The predicted molar refractivity (Wildman–Crippen MR) is 59.0 cm³/mol. The smallest absolute Gasteiger partial charge is 0.0640 e. The molecule has 1 aliphatic rings. The molecule has 1 N–H and O–H groups in total. The molecule has 0 aromatic heterocycles. The number of anilines is 1. The van der Waals surface area contributed by atoms with Crippen molar-refractivity contribution >= 4 is 17.3 Å². The van der Waals surface area contributed by atoms with Gasteiger partial charge in [0.25, 0.3) is 0 Å². The van der Waals surface area contributed by atoms with Crippen LogP contribution in [0.5, 0.6) is 0 Å². The van der Waals surface area contributed by atoms with Crippen LogP contribution < -0.4 is 5.32 Å². The highest BCUT2D eigenvalue weighted by atomic mass is 35.5. The first-order chi connectivity index (χ1) is 6.81. The van der Waals surface area contributed by atoms with Crippen molar-refractivity contribution in [1.82, 2.24) is 0 Å². The van der Waals surface area contributed by atoms with Crippen molar-refractivity contribution < 1.29 is 4.74 Å². The minimum atomic E-state index is 0.561. The zero-order chi connectivity index (χ0) is 9.97. The molecule has 0 spiro atoms. The Morgan fingerprint density at radius 2 is 2.43 bits per heavy atom. The summed E-state index contributed by atoms with van der Waals surface area (Å²) >= 11 is 6.07. The fourth-order valence-corrected chi connectivity index (χ4v) is 2.18. The third kappa shape index (κ3) is 1.86. The number of rotatable bonds is 2. The van der Waals surface area contributed by atoms with Crippen molar-refractivity contribution in [2.75, 3.05) is 25.6 Å². The van der Waals surface area contributed by atoms with Crippen molar-refractivity contribution in [3.8, 4) is 0 Å². The van der Waals surface area contributed by atoms with Crippen molar-refractivity contribution in [1.29, 1.82) is 0 Å². The Bertz CT molecular complexity index is 327. The van der Waals surface area contributed by atoms with Gasteiger partial charge in [-0.25, -0.2) is 0 Å². The molecule has 1 aliphatic heterocycles. The molecule has 1 heterocycles. The second kappa shape index (κ2) is 4.20. The van der Waals surface area contributed by atoms with E-state index in [1.54, 1.807) is 7.11 Å². The minimum Gasteiger partial charge on any atom is -0.384 e. The van der Waals surface area contributed by atoms with Crippen molar-refractivity contribution in [3.63, 3.8) is 0 Å². The first-order valence-electron chi connectivity index (χ1n) is 4.81. The molecule has 76 valence electrons. The highest BCUT2D eigenvalue weighted by Crippen LogP contribution is 2.31. The Morgan fingerprint density at radius 3 is 3.21 bits per heavy atom. The fourth-order valence-electron chi connectivity index (χ4n) is 1.92. The van der Waals surface area contributed by atoms with Crippen molar-refractivity contribution in [2.24, 2.45) is 5.92 Å². The molecule has 2 rings (SSSR count). The van der Waals surface area contributed by atoms with E-state index in [0.717, 1.165) is 30.3 Å². The van der Waals surface area contributed by atoms with E-state index in [2.05, 4.69) is 11.4 Å². The molecule has 0 fully saturated rings. The first kappa shape index (κ1) is 9.81. The Kier molecular flexibility index (Phi) is 2.94. The van der Waals surface area contributed by atoms with E-state index in [-0.39, 0.29) is 0 Å². The molecule has 0 amide bonds. The van der Waals surface area contributed by atoms with E-state index in [9.17, 15) is 0 Å². The number of fused-ring (bicyclic) bond motifs is 1. The normalized spacial score (nSPS) is 20.0. The quantitative estimate of drug-likeness (QED) is 0.812. The van der Waals surface area contributed by atoms with Gasteiger partial charge in [-0.2, -0.15) is 0 Å². The van der Waals surface area contributed by atoms with Crippen molar-refractivity contribution in [3.05, 3.63) is 28.8 Å². The molecular weight excluding hydrogens is 198 g/mol. The molecule has 0 radical (unpaired) electrons. The summed E-state index contributed by atoms with van der Waals surface area (Å²) in [5.74, 6) is 0.561. The molecule has 1 aromatic carbocycles. The summed E-state index contributed by atoms with van der Waals surface area (Å²) < 4.78 is 5.15. The van der Waals surface area contributed by atoms with E-state index in [4.69, 9.17) is 16.3 Å². The number of hydrogen-bond acceptors (Lipinski definition) is 2. The Labute approximate surface area is 89.2 Å². The van der Waals surface area contributed by atoms with Crippen LogP contribution in [0.4, 0.5) is 5.69 Å². The zero-order valence-electron chi connectivity index (χ0n) is 8.22. The van der Waals surface area contributed by atoms with Gasteiger partial charge in [-0.1, -0.05) is 23.7 Å². The van der Waals surface area contributed by atoms with Crippen molar-refractivity contribution in [2.45, 2.75) is 6.42 Å². The molecular formula is C11H14ClNO. The van der Waals surface area contributed by atoms with E-state index in [1.165, 1.54) is 5.56 Å². The molecule has 14 heavy (non-hydrogen) atoms. The van der Waals surface area contributed by atoms with Gasteiger partial charge in [0.05, 0.1) is 17.3 Å². The van der Waals surface area contributed by atoms with Crippen LogP contribution >= 0.6 is 11.6 Å². The van der Waals surface area contributed by atoms with Crippen LogP contribution in [0.25, 0.3) is 0 Å². The highest BCUT2D eigenvalue weighted by molar-refractivity contribution is 6.33. The maximum Gasteiger partial charge on any atom is 0.0640 e. The summed E-state index contributed by atoms with van der Waals surface area (Å²) in [6, 6.07) is 6.04. The van der Waals surface area contributed by atoms with E-state index in [1.807, 2.05) is 12.1 Å². The lowest BCUT2D eigenvalue weighted by molar-refractivity contribution is 0.156. The van der Waals surface area contributed by atoms with Gasteiger partial charge in [0, 0.05) is 19.6 Å². The number of nitrogens with one attached hydrogen (secondary N) is 1. The number of halogens is 1. The van der Waals surface area contributed by atoms with Crippen LogP contribution in [0.3, 0.4) is 0 Å². The Hall–Kier alpha value is -0.730. The van der Waals surface area contributed by atoms with Crippen LogP contribution in [0.15, 0.2) is 18.2 Å². The predicted octanol–water partition coefficient (Wildman–Crippen LogP) is 2.57. The van der Waals surface area contributed by atoms with Gasteiger partial charge in [-0.15, -0.1) is 0 Å². The van der Waals surface area contributed by atoms with Gasteiger partial charge < -0.3 is 10.1 Å². The summed E-state index contributed by atoms with van der Waals surface area (Å²) in [6.45, 7) is 1.75. The van der Waals surface area contributed by atoms with Crippen LogP contribution in [-0.4, -0.2) is 20.3 Å². The Balaban J connectivity index is 2.18. The second-order valence-corrected chi connectivity index (χ2v) is 4.09. The molecule has 1 aromatic rings. The standard InChI is InChI=1S/C11H14ClNO/c1-14-7-8-5-9-3-2-4-10(12)11(9)13-6-8/h2-4,8,13H,5-7H2,1H3. The number of ether oxygens (including phenoxy) is 1. The van der Waals surface area contributed by atoms with Gasteiger partial charge in [0.2, 0.25) is 0 Å². The summed E-state index contributed by atoms with van der Waals surface area (Å²) in [7, 11) is 1.74. The fraction of sp³-hybridized carbons (Fsp3) is 0.455. The number of para-hydroxylation sites is 1. The van der Waals surface area contributed by atoms with Crippen LogP contribution in [0, 0.1) is 5.92 Å². The summed E-state index contributed by atoms with van der Waals surface area (Å²) in [5.41, 5.74) is 2.40. The topological polar surface area (TPSA) is 21.3 Å². The molecule has 2 nitrogen and oxygen atoms in total. The lowest BCUT2D eigenvalue weighted by Gasteiger charge is -2.26. The monoisotopic (exact) mass is 211 g/mol. The maximum atomic E-state index is 6.07. The summed E-state index contributed by atoms with van der Waals surface area (Å²) in [6.07, 6.45) is 1.05. The number of hydrogen-bond donors (Lipinski definition) is 1. The van der Waals surface area contributed by atoms with Gasteiger partial charge in [0.15, 0.2) is 0 Å². The maximum absolute atomic E-state index is 6.07. The van der Waals surface area contributed by atoms with Crippen LogP contribution in [0.2, 0.25) is 5.02 Å². The van der Waals surface area contributed by atoms with Gasteiger partial charge in [-0.3, -0.25) is 0 Å². The van der Waals surface area contributed by atoms with Gasteiger partial charge in [0.1, 0.15) is 0 Å². The average molecular weight is 212 g/mol. The zero-order valence-corrected chi connectivity index (χ0v) is 8.97. The molecule has 3 heteroatoms. The molecule has 0 saturated carbocycles. The molecule has 1 unspecified atom stereocenters. The van der Waals surface area contributed by atoms with E-state index >= 15 is 0 Å². The number of methoxy groups -OCH3 is 1. The third-order valence-corrected chi connectivity index (χ3v) is 2.89. The van der Waals surface area contributed by atoms with E-state index in [0.29, 0.717) is 5.92 Å². The third-order valence-electron chi connectivity index (χ3n) is 2.58. The second-order valence-electron chi connectivity index (χ2n) is 3.68. The molecule has 0 saturated heterocycles. The SMILES string of the molecule is COCC1CNc2c(Cl)cccc2C1. The van der Waals surface area contributed by atoms with Gasteiger partial charge >= 0.3 is 0 Å². The first-order valence-corrected chi connectivity index (χ1v) is 5.19. The van der Waals surface area contributed by atoms with Gasteiger partial charge in [-0.05, 0) is 18.1 Å². The molecule has 1 atom stereocenters. The lowest BCUT2D eigenvalue weighted by atomic mass is 9.95. The van der Waals surface area contributed by atoms with Crippen LogP contribution in [0.1, 0.15) is 5.56 Å².